The summed E-state index contributed by atoms with van der Waals surface area (Å²) < 4.78 is 0. The molecule has 0 aliphatic carbocycles. The zero-order valence-electron chi connectivity index (χ0n) is 12.0. The molecule has 1 aromatic carbocycles. The van der Waals surface area contributed by atoms with Crippen LogP contribution in [0.3, 0.4) is 0 Å². The number of fused-ring (bicyclic) bond motifs is 1. The van der Waals surface area contributed by atoms with Crippen molar-refractivity contribution < 1.29 is 9.59 Å². The van der Waals surface area contributed by atoms with E-state index >= 15 is 0 Å². The number of hydrogen-bond acceptors (Lipinski definition) is 3. The third-order valence-corrected chi connectivity index (χ3v) is 4.00. The Hall–Kier alpha value is -1.59. The molecule has 5 nitrogen and oxygen atoms in total. The van der Waals surface area contributed by atoms with Crippen molar-refractivity contribution in [2.45, 2.75) is 32.2 Å². The number of halogens is 1. The summed E-state index contributed by atoms with van der Waals surface area (Å²) in [5.74, 6) is 0.0968. The zero-order valence-corrected chi connectivity index (χ0v) is 12.8. The first-order valence-corrected chi connectivity index (χ1v) is 7.10. The van der Waals surface area contributed by atoms with Gasteiger partial charge in [0.15, 0.2) is 0 Å². The highest BCUT2D eigenvalue weighted by Gasteiger charge is 2.24. The molecular weight excluding hydrogens is 290 g/mol. The Morgan fingerprint density at radius 2 is 2.19 bits per heavy atom. The number of hydrogen-bond donors (Lipinski definition) is 2. The lowest BCUT2D eigenvalue weighted by Crippen LogP contribution is -2.35. The monoisotopic (exact) mass is 309 g/mol. The fourth-order valence-corrected chi connectivity index (χ4v) is 2.94. The number of amides is 2. The third kappa shape index (κ3) is 3.19. The number of anilines is 2. The Balaban J connectivity index is 0.00000161. The fraction of sp³-hybridized carbons (Fsp3) is 0.467. The van der Waals surface area contributed by atoms with E-state index in [0.717, 1.165) is 49.3 Å². The summed E-state index contributed by atoms with van der Waals surface area (Å²) in [7, 11) is 0. The van der Waals surface area contributed by atoms with Crippen molar-refractivity contribution in [2.75, 3.05) is 23.3 Å². The van der Waals surface area contributed by atoms with Crippen molar-refractivity contribution in [3.05, 3.63) is 23.8 Å². The van der Waals surface area contributed by atoms with Crippen molar-refractivity contribution in [1.82, 2.24) is 5.32 Å². The molecule has 2 aliphatic rings. The van der Waals surface area contributed by atoms with Crippen LogP contribution in [-0.2, 0) is 16.0 Å². The minimum absolute atomic E-state index is 0. The summed E-state index contributed by atoms with van der Waals surface area (Å²) >= 11 is 0. The van der Waals surface area contributed by atoms with Gasteiger partial charge in [0.2, 0.25) is 11.8 Å². The van der Waals surface area contributed by atoms with Gasteiger partial charge in [0.1, 0.15) is 0 Å². The minimum Gasteiger partial charge on any atom is -0.325 e. The van der Waals surface area contributed by atoms with Crippen molar-refractivity contribution >= 4 is 35.6 Å². The lowest BCUT2D eigenvalue weighted by Gasteiger charge is -2.15. The molecular formula is C15H20ClN3O2. The van der Waals surface area contributed by atoms with Crippen LogP contribution in [0.25, 0.3) is 0 Å². The lowest BCUT2D eigenvalue weighted by atomic mass is 10.1. The topological polar surface area (TPSA) is 61.4 Å². The first-order chi connectivity index (χ1) is 9.65. The molecule has 6 heteroatoms. The van der Waals surface area contributed by atoms with Gasteiger partial charge < -0.3 is 15.5 Å². The number of benzene rings is 1. The predicted octanol–water partition coefficient (Wildman–Crippen LogP) is 1.71. The van der Waals surface area contributed by atoms with Crippen LogP contribution < -0.4 is 15.5 Å². The second kappa shape index (κ2) is 6.45. The Morgan fingerprint density at radius 1 is 1.38 bits per heavy atom. The van der Waals surface area contributed by atoms with E-state index in [1.54, 1.807) is 11.8 Å². The maximum absolute atomic E-state index is 12.0. The van der Waals surface area contributed by atoms with Gasteiger partial charge in [-0.25, -0.2) is 0 Å². The zero-order chi connectivity index (χ0) is 14.1. The van der Waals surface area contributed by atoms with Crippen molar-refractivity contribution in [1.29, 1.82) is 0 Å². The Labute approximate surface area is 130 Å². The second-order valence-electron chi connectivity index (χ2n) is 5.40. The highest BCUT2D eigenvalue weighted by molar-refractivity contribution is 5.97. The molecule has 2 amide bonds. The van der Waals surface area contributed by atoms with Crippen molar-refractivity contribution in [3.63, 3.8) is 0 Å². The smallest absolute Gasteiger partial charge is 0.241 e. The largest absolute Gasteiger partial charge is 0.325 e. The van der Waals surface area contributed by atoms with Gasteiger partial charge in [-0.05, 0) is 49.6 Å². The highest BCUT2D eigenvalue weighted by Crippen LogP contribution is 2.30. The van der Waals surface area contributed by atoms with Crippen LogP contribution in [0.4, 0.5) is 11.4 Å². The van der Waals surface area contributed by atoms with Gasteiger partial charge in [-0.1, -0.05) is 0 Å². The Kier molecular flexibility index (Phi) is 4.85. The predicted molar refractivity (Wildman–Crippen MR) is 85.1 cm³/mol. The van der Waals surface area contributed by atoms with Gasteiger partial charge in [-0.15, -0.1) is 12.4 Å². The number of carbonyl (C=O) groups is 2. The Morgan fingerprint density at radius 3 is 2.86 bits per heavy atom. The van der Waals surface area contributed by atoms with Gasteiger partial charge in [-0.2, -0.15) is 0 Å². The van der Waals surface area contributed by atoms with E-state index in [0.29, 0.717) is 0 Å². The van der Waals surface area contributed by atoms with Crippen molar-refractivity contribution in [3.8, 4) is 0 Å². The molecule has 2 N–H and O–H groups in total. The van der Waals surface area contributed by atoms with Crippen LogP contribution >= 0.6 is 12.4 Å². The van der Waals surface area contributed by atoms with Gasteiger partial charge >= 0.3 is 0 Å². The maximum atomic E-state index is 12.0. The number of nitrogens with zero attached hydrogens (tertiary/aromatic N) is 1. The van der Waals surface area contributed by atoms with Crippen molar-refractivity contribution in [2.24, 2.45) is 0 Å². The second-order valence-corrected chi connectivity index (χ2v) is 5.40. The minimum atomic E-state index is -0.0722. The van der Waals surface area contributed by atoms with Crippen LogP contribution in [-0.4, -0.2) is 30.9 Å². The molecule has 0 saturated carbocycles. The van der Waals surface area contributed by atoms with Crippen LogP contribution in [0, 0.1) is 0 Å². The first kappa shape index (κ1) is 15.8. The average Bonchev–Trinajstić information content (AvgIpc) is 3.07. The number of nitrogens with one attached hydrogen (secondary N) is 2. The molecule has 2 heterocycles. The van der Waals surface area contributed by atoms with Gasteiger partial charge in [-0.3, -0.25) is 9.59 Å². The average molecular weight is 310 g/mol. The first-order valence-electron chi connectivity index (χ1n) is 7.10. The SMILES string of the molecule is CC(=O)N1CCc2cc(NC(=O)C3CCCN3)ccc21.Cl. The summed E-state index contributed by atoms with van der Waals surface area (Å²) in [6.45, 7) is 3.22. The third-order valence-electron chi connectivity index (χ3n) is 4.00. The standard InChI is InChI=1S/C15H19N3O2.ClH/c1-10(19)18-8-6-11-9-12(4-5-14(11)18)17-15(20)13-3-2-7-16-13;/h4-5,9,13,16H,2-3,6-8H2,1H3,(H,17,20);1H. The molecule has 3 rings (SSSR count). The summed E-state index contributed by atoms with van der Waals surface area (Å²) in [5.41, 5.74) is 2.90. The van der Waals surface area contributed by atoms with E-state index in [-0.39, 0.29) is 30.3 Å². The van der Waals surface area contributed by atoms with E-state index in [1.165, 1.54) is 0 Å². The summed E-state index contributed by atoms with van der Waals surface area (Å²) in [6, 6.07) is 5.69. The molecule has 0 radical (unpaired) electrons. The van der Waals surface area contributed by atoms with E-state index in [2.05, 4.69) is 10.6 Å². The molecule has 0 bridgehead atoms. The summed E-state index contributed by atoms with van der Waals surface area (Å²) in [5, 5.41) is 6.14. The van der Waals surface area contributed by atoms with E-state index < -0.39 is 0 Å². The van der Waals surface area contributed by atoms with Gasteiger partial charge in [0.05, 0.1) is 6.04 Å². The van der Waals surface area contributed by atoms with Gasteiger partial charge in [0.25, 0.3) is 0 Å². The van der Waals surface area contributed by atoms with Crippen LogP contribution in [0.2, 0.25) is 0 Å². The summed E-state index contributed by atoms with van der Waals surface area (Å²) in [6.07, 6.45) is 2.80. The van der Waals surface area contributed by atoms with Crippen LogP contribution in [0.15, 0.2) is 18.2 Å². The molecule has 1 saturated heterocycles. The Bertz CT molecular complexity index is 556. The maximum Gasteiger partial charge on any atom is 0.241 e. The molecule has 21 heavy (non-hydrogen) atoms. The van der Waals surface area contributed by atoms with Crippen LogP contribution in [0.1, 0.15) is 25.3 Å². The fourth-order valence-electron chi connectivity index (χ4n) is 2.94. The van der Waals surface area contributed by atoms with E-state index in [1.807, 2.05) is 18.2 Å². The highest BCUT2D eigenvalue weighted by atomic mass is 35.5. The number of rotatable bonds is 2. The quantitative estimate of drug-likeness (QED) is 0.874. The van der Waals surface area contributed by atoms with E-state index in [4.69, 9.17) is 0 Å². The molecule has 114 valence electrons. The molecule has 0 spiro atoms. The van der Waals surface area contributed by atoms with E-state index in [9.17, 15) is 9.59 Å². The molecule has 1 unspecified atom stereocenters. The molecule has 1 atom stereocenters. The molecule has 0 aromatic heterocycles. The summed E-state index contributed by atoms with van der Waals surface area (Å²) in [4.78, 5) is 25.3. The molecule has 1 aromatic rings. The molecule has 2 aliphatic heterocycles. The van der Waals surface area contributed by atoms with Crippen LogP contribution in [0.5, 0.6) is 0 Å². The molecule has 1 fully saturated rings. The van der Waals surface area contributed by atoms with Gasteiger partial charge in [0, 0.05) is 24.8 Å². The normalized spacial score (nSPS) is 19.9. The lowest BCUT2D eigenvalue weighted by molar-refractivity contribution is -0.118. The number of carbonyl (C=O) groups excluding carboxylic acids is 2.